The zero-order valence-electron chi connectivity index (χ0n) is 9.60. The van der Waals surface area contributed by atoms with Crippen molar-refractivity contribution in [1.82, 2.24) is 0 Å². The van der Waals surface area contributed by atoms with Crippen molar-refractivity contribution in [3.8, 4) is 11.3 Å². The van der Waals surface area contributed by atoms with Gasteiger partial charge in [0.2, 0.25) is 0 Å². The first-order valence-corrected chi connectivity index (χ1v) is 5.55. The van der Waals surface area contributed by atoms with Gasteiger partial charge in [-0.2, -0.15) is 0 Å². The molecule has 0 spiro atoms. The minimum absolute atomic E-state index is 0.501. The van der Waals surface area contributed by atoms with Gasteiger partial charge in [0.25, 0.3) is 0 Å². The predicted molar refractivity (Wildman–Crippen MR) is 64.1 cm³/mol. The highest BCUT2D eigenvalue weighted by atomic mass is 16.4. The van der Waals surface area contributed by atoms with Crippen LogP contribution in [0.15, 0.2) is 40.8 Å². The third-order valence-electron chi connectivity index (χ3n) is 2.68. The van der Waals surface area contributed by atoms with E-state index in [2.05, 4.69) is 6.92 Å². The fourth-order valence-electron chi connectivity index (χ4n) is 1.61. The second kappa shape index (κ2) is 4.54. The van der Waals surface area contributed by atoms with Gasteiger partial charge in [-0.25, -0.2) is 0 Å². The summed E-state index contributed by atoms with van der Waals surface area (Å²) in [5, 5.41) is 9.64. The topological polar surface area (TPSA) is 33.4 Å². The van der Waals surface area contributed by atoms with E-state index in [9.17, 15) is 5.11 Å². The minimum Gasteiger partial charge on any atom is -0.458 e. The van der Waals surface area contributed by atoms with Crippen molar-refractivity contribution in [3.05, 3.63) is 47.7 Å². The lowest BCUT2D eigenvalue weighted by molar-refractivity contribution is 0.147. The summed E-state index contributed by atoms with van der Waals surface area (Å²) in [5.74, 6) is 1.44. The number of hydrogen-bond acceptors (Lipinski definition) is 2. The van der Waals surface area contributed by atoms with Crippen LogP contribution in [-0.2, 0) is 0 Å². The molecule has 2 rings (SSSR count). The summed E-state index contributed by atoms with van der Waals surface area (Å²) in [4.78, 5) is 0. The molecule has 0 amide bonds. The number of benzene rings is 1. The van der Waals surface area contributed by atoms with Crippen LogP contribution in [0.3, 0.4) is 0 Å². The van der Waals surface area contributed by atoms with Crippen LogP contribution in [-0.4, -0.2) is 5.11 Å². The van der Waals surface area contributed by atoms with Crippen LogP contribution in [0.25, 0.3) is 11.3 Å². The molecule has 0 aliphatic heterocycles. The molecule has 84 valence electrons. The average molecular weight is 216 g/mol. The first-order valence-electron chi connectivity index (χ1n) is 5.55. The van der Waals surface area contributed by atoms with E-state index < -0.39 is 6.10 Å². The van der Waals surface area contributed by atoms with Gasteiger partial charge in [-0.15, -0.1) is 0 Å². The lowest BCUT2D eigenvalue weighted by Gasteiger charge is -2.03. The predicted octanol–water partition coefficient (Wildman–Crippen LogP) is 3.70. The summed E-state index contributed by atoms with van der Waals surface area (Å²) in [7, 11) is 0. The Morgan fingerprint density at radius 2 is 1.81 bits per heavy atom. The molecule has 1 unspecified atom stereocenters. The van der Waals surface area contributed by atoms with Crippen LogP contribution in [0.2, 0.25) is 0 Å². The van der Waals surface area contributed by atoms with Crippen molar-refractivity contribution >= 4 is 0 Å². The normalized spacial score (nSPS) is 12.7. The number of aryl methyl sites for hydroxylation is 1. The lowest BCUT2D eigenvalue weighted by Crippen LogP contribution is -1.91. The summed E-state index contributed by atoms with van der Waals surface area (Å²) in [6.07, 6.45) is 0.167. The van der Waals surface area contributed by atoms with E-state index in [4.69, 9.17) is 4.42 Å². The molecule has 1 N–H and O–H groups in total. The maximum absolute atomic E-state index is 9.64. The Kier molecular flexibility index (Phi) is 3.11. The van der Waals surface area contributed by atoms with Crippen molar-refractivity contribution < 1.29 is 9.52 Å². The molecular formula is C14H16O2. The highest BCUT2D eigenvalue weighted by molar-refractivity contribution is 5.57. The zero-order valence-corrected chi connectivity index (χ0v) is 9.60. The fourth-order valence-corrected chi connectivity index (χ4v) is 1.61. The van der Waals surface area contributed by atoms with Crippen LogP contribution in [0.5, 0.6) is 0 Å². The Bertz CT molecular complexity index is 454. The first-order chi connectivity index (χ1) is 7.70. The van der Waals surface area contributed by atoms with Gasteiger partial charge in [0.05, 0.1) is 0 Å². The molecule has 0 saturated carbocycles. The van der Waals surface area contributed by atoms with Gasteiger partial charge in [-0.05, 0) is 25.5 Å². The highest BCUT2D eigenvalue weighted by Crippen LogP contribution is 2.26. The first kappa shape index (κ1) is 11.0. The van der Waals surface area contributed by atoms with Gasteiger partial charge in [-0.3, -0.25) is 0 Å². The molecule has 1 heterocycles. The van der Waals surface area contributed by atoms with E-state index in [0.717, 1.165) is 11.3 Å². The van der Waals surface area contributed by atoms with Crippen molar-refractivity contribution in [2.45, 2.75) is 26.4 Å². The SMILES string of the molecule is CCC(O)c1ccc(-c2ccc(C)cc2)o1. The average Bonchev–Trinajstić information content (AvgIpc) is 2.78. The number of furan rings is 1. The van der Waals surface area contributed by atoms with Crippen molar-refractivity contribution in [1.29, 1.82) is 0 Å². The van der Waals surface area contributed by atoms with Gasteiger partial charge in [0, 0.05) is 5.56 Å². The maximum atomic E-state index is 9.64. The van der Waals surface area contributed by atoms with Crippen LogP contribution in [0.4, 0.5) is 0 Å². The lowest BCUT2D eigenvalue weighted by atomic mass is 10.1. The molecule has 1 aromatic heterocycles. The van der Waals surface area contributed by atoms with E-state index in [0.29, 0.717) is 12.2 Å². The number of aliphatic hydroxyl groups excluding tert-OH is 1. The standard InChI is InChI=1S/C14H16O2/c1-3-12(15)14-9-8-13(16-14)11-6-4-10(2)5-7-11/h4-9,12,15H,3H2,1-2H3. The summed E-state index contributed by atoms with van der Waals surface area (Å²) >= 11 is 0. The second-order valence-corrected chi connectivity index (χ2v) is 3.99. The minimum atomic E-state index is -0.501. The van der Waals surface area contributed by atoms with Gasteiger partial charge < -0.3 is 9.52 Å². The van der Waals surface area contributed by atoms with Crippen LogP contribution >= 0.6 is 0 Å². The molecule has 1 atom stereocenters. The fraction of sp³-hybridized carbons (Fsp3) is 0.286. The largest absolute Gasteiger partial charge is 0.458 e. The molecule has 0 radical (unpaired) electrons. The molecule has 2 aromatic rings. The Morgan fingerprint density at radius 1 is 1.12 bits per heavy atom. The van der Waals surface area contributed by atoms with E-state index in [1.807, 2.05) is 43.3 Å². The summed E-state index contributed by atoms with van der Waals surface area (Å²) < 4.78 is 5.61. The molecule has 0 saturated heterocycles. The number of rotatable bonds is 3. The van der Waals surface area contributed by atoms with E-state index in [1.54, 1.807) is 0 Å². The highest BCUT2D eigenvalue weighted by Gasteiger charge is 2.10. The molecule has 2 heteroatoms. The molecule has 0 bridgehead atoms. The summed E-state index contributed by atoms with van der Waals surface area (Å²) in [5.41, 5.74) is 2.27. The Hall–Kier alpha value is -1.54. The third-order valence-corrected chi connectivity index (χ3v) is 2.68. The Labute approximate surface area is 95.5 Å². The van der Waals surface area contributed by atoms with Crippen molar-refractivity contribution in [3.63, 3.8) is 0 Å². The van der Waals surface area contributed by atoms with Gasteiger partial charge in [-0.1, -0.05) is 36.8 Å². The van der Waals surface area contributed by atoms with Crippen molar-refractivity contribution in [2.75, 3.05) is 0 Å². The Balaban J connectivity index is 2.28. The summed E-state index contributed by atoms with van der Waals surface area (Å²) in [6.45, 7) is 3.98. The van der Waals surface area contributed by atoms with Crippen LogP contribution in [0.1, 0.15) is 30.8 Å². The maximum Gasteiger partial charge on any atom is 0.134 e. The zero-order chi connectivity index (χ0) is 11.5. The molecule has 16 heavy (non-hydrogen) atoms. The Morgan fingerprint density at radius 3 is 2.44 bits per heavy atom. The quantitative estimate of drug-likeness (QED) is 0.848. The smallest absolute Gasteiger partial charge is 0.134 e. The molecule has 0 fully saturated rings. The van der Waals surface area contributed by atoms with Crippen LogP contribution in [0, 0.1) is 6.92 Å². The van der Waals surface area contributed by atoms with Gasteiger partial charge >= 0.3 is 0 Å². The van der Waals surface area contributed by atoms with E-state index >= 15 is 0 Å². The number of hydrogen-bond donors (Lipinski definition) is 1. The monoisotopic (exact) mass is 216 g/mol. The van der Waals surface area contributed by atoms with E-state index in [1.165, 1.54) is 5.56 Å². The van der Waals surface area contributed by atoms with E-state index in [-0.39, 0.29) is 0 Å². The molecular weight excluding hydrogens is 200 g/mol. The molecule has 2 nitrogen and oxygen atoms in total. The summed E-state index contributed by atoms with van der Waals surface area (Å²) in [6, 6.07) is 11.9. The third kappa shape index (κ3) is 2.17. The number of aliphatic hydroxyl groups is 1. The molecule has 0 aliphatic carbocycles. The molecule has 0 aliphatic rings. The second-order valence-electron chi connectivity index (χ2n) is 3.99. The van der Waals surface area contributed by atoms with Gasteiger partial charge in [0.15, 0.2) is 0 Å². The van der Waals surface area contributed by atoms with Gasteiger partial charge in [0.1, 0.15) is 17.6 Å². The molecule has 1 aromatic carbocycles. The van der Waals surface area contributed by atoms with Crippen molar-refractivity contribution in [2.24, 2.45) is 0 Å². The van der Waals surface area contributed by atoms with Crippen LogP contribution < -0.4 is 0 Å².